The lowest BCUT2D eigenvalue weighted by molar-refractivity contribution is -0.139. The Kier molecular flexibility index (Phi) is 11.0. The number of rotatable bonds is 11. The van der Waals surface area contributed by atoms with Crippen molar-refractivity contribution in [1.82, 2.24) is 10.2 Å². The molecule has 0 saturated carbocycles. The van der Waals surface area contributed by atoms with Gasteiger partial charge in [-0.25, -0.2) is 0 Å². The zero-order chi connectivity index (χ0) is 26.1. The maximum Gasteiger partial charge on any atom is 0.243 e. The van der Waals surface area contributed by atoms with Crippen LogP contribution in [0.1, 0.15) is 30.5 Å². The first-order chi connectivity index (χ1) is 17.2. The van der Waals surface area contributed by atoms with E-state index in [0.717, 1.165) is 16.7 Å². The molecule has 8 heteroatoms. The number of nitrogens with zero attached hydrogens (tertiary/aromatic N) is 1. The maximum atomic E-state index is 13.6. The number of hydrogen-bond donors (Lipinski definition) is 1. The van der Waals surface area contributed by atoms with E-state index in [1.807, 2.05) is 68.4 Å². The molecule has 3 aromatic rings. The molecule has 0 fully saturated rings. The van der Waals surface area contributed by atoms with Gasteiger partial charge in [-0.2, -0.15) is 0 Å². The Labute approximate surface area is 232 Å². The SMILES string of the molecule is CC(C)NC(=O)[C@H](Cc1ccccc1)N(Cc1cccc(Cl)c1)C(=O)CSCc1ccc(Cl)c(Cl)c1. The fourth-order valence-corrected chi connectivity index (χ4v) is 5.13. The van der Waals surface area contributed by atoms with E-state index in [4.69, 9.17) is 34.8 Å². The van der Waals surface area contributed by atoms with E-state index in [1.54, 1.807) is 23.1 Å². The summed E-state index contributed by atoms with van der Waals surface area (Å²) in [5.74, 6) is 0.495. The molecule has 36 heavy (non-hydrogen) atoms. The number of amides is 2. The van der Waals surface area contributed by atoms with Crippen LogP contribution in [0.15, 0.2) is 72.8 Å². The predicted molar refractivity (Wildman–Crippen MR) is 152 cm³/mol. The minimum atomic E-state index is -0.674. The molecule has 0 radical (unpaired) electrons. The first-order valence-corrected chi connectivity index (χ1v) is 13.9. The van der Waals surface area contributed by atoms with Crippen molar-refractivity contribution in [3.63, 3.8) is 0 Å². The molecule has 3 rings (SSSR count). The molecule has 0 saturated heterocycles. The first-order valence-electron chi connectivity index (χ1n) is 11.6. The van der Waals surface area contributed by atoms with Crippen molar-refractivity contribution in [2.24, 2.45) is 0 Å². The molecular formula is C28H29Cl3N2O2S. The molecule has 2 amide bonds. The number of carbonyl (C=O) groups is 2. The summed E-state index contributed by atoms with van der Waals surface area (Å²) in [6.07, 6.45) is 0.406. The van der Waals surface area contributed by atoms with Crippen LogP contribution in [0.3, 0.4) is 0 Å². The minimum absolute atomic E-state index is 0.0528. The number of halogens is 3. The lowest BCUT2D eigenvalue weighted by Crippen LogP contribution is -2.52. The summed E-state index contributed by atoms with van der Waals surface area (Å²) in [5, 5.41) is 4.56. The Morgan fingerprint density at radius 3 is 2.25 bits per heavy atom. The van der Waals surface area contributed by atoms with E-state index in [1.165, 1.54) is 11.8 Å². The average molecular weight is 564 g/mol. The molecule has 0 aliphatic heterocycles. The molecule has 1 atom stereocenters. The van der Waals surface area contributed by atoms with Gasteiger partial charge in [0.1, 0.15) is 6.04 Å². The number of hydrogen-bond acceptors (Lipinski definition) is 3. The van der Waals surface area contributed by atoms with Crippen LogP contribution >= 0.6 is 46.6 Å². The van der Waals surface area contributed by atoms with Crippen molar-refractivity contribution in [2.45, 2.75) is 44.6 Å². The van der Waals surface area contributed by atoms with Crippen LogP contribution in [0.5, 0.6) is 0 Å². The Morgan fingerprint density at radius 1 is 0.861 bits per heavy atom. The highest BCUT2D eigenvalue weighted by atomic mass is 35.5. The van der Waals surface area contributed by atoms with E-state index in [0.29, 0.717) is 27.2 Å². The lowest BCUT2D eigenvalue weighted by atomic mass is 10.0. The van der Waals surface area contributed by atoms with Crippen LogP contribution in [0.25, 0.3) is 0 Å². The second kappa shape index (κ2) is 13.9. The van der Waals surface area contributed by atoms with Crippen molar-refractivity contribution < 1.29 is 9.59 Å². The molecule has 1 N–H and O–H groups in total. The summed E-state index contributed by atoms with van der Waals surface area (Å²) in [6.45, 7) is 4.09. The molecule has 3 aromatic carbocycles. The fourth-order valence-electron chi connectivity index (χ4n) is 3.74. The zero-order valence-electron chi connectivity index (χ0n) is 20.2. The van der Waals surface area contributed by atoms with Crippen molar-refractivity contribution in [3.05, 3.63) is 105 Å². The normalized spacial score (nSPS) is 11.8. The van der Waals surface area contributed by atoms with Crippen LogP contribution in [-0.4, -0.2) is 34.6 Å². The molecule has 0 heterocycles. The van der Waals surface area contributed by atoms with Crippen LogP contribution in [0.4, 0.5) is 0 Å². The van der Waals surface area contributed by atoms with E-state index < -0.39 is 6.04 Å². The number of thioether (sulfide) groups is 1. The number of carbonyl (C=O) groups excluding carboxylic acids is 2. The van der Waals surface area contributed by atoms with Gasteiger partial charge in [0.05, 0.1) is 15.8 Å². The Bertz CT molecular complexity index is 1170. The summed E-state index contributed by atoms with van der Waals surface area (Å²) in [6, 6.07) is 21.8. The van der Waals surface area contributed by atoms with Gasteiger partial charge in [-0.15, -0.1) is 11.8 Å². The van der Waals surface area contributed by atoms with Crippen LogP contribution in [0.2, 0.25) is 15.1 Å². The van der Waals surface area contributed by atoms with Crippen molar-refractivity contribution >= 4 is 58.4 Å². The molecule has 0 aliphatic carbocycles. The fraction of sp³-hybridized carbons (Fsp3) is 0.286. The lowest BCUT2D eigenvalue weighted by Gasteiger charge is -2.32. The van der Waals surface area contributed by atoms with Crippen molar-refractivity contribution in [2.75, 3.05) is 5.75 Å². The highest BCUT2D eigenvalue weighted by molar-refractivity contribution is 7.99. The largest absolute Gasteiger partial charge is 0.352 e. The van der Waals surface area contributed by atoms with Gasteiger partial charge in [0, 0.05) is 29.8 Å². The van der Waals surface area contributed by atoms with E-state index >= 15 is 0 Å². The predicted octanol–water partition coefficient (Wildman–Crippen LogP) is 7.04. The number of benzene rings is 3. The summed E-state index contributed by atoms with van der Waals surface area (Å²) < 4.78 is 0. The van der Waals surface area contributed by atoms with Gasteiger partial charge < -0.3 is 10.2 Å². The van der Waals surface area contributed by atoms with Crippen LogP contribution in [-0.2, 0) is 28.3 Å². The van der Waals surface area contributed by atoms with Gasteiger partial charge in [-0.05, 0) is 54.8 Å². The molecule has 0 spiro atoms. The monoisotopic (exact) mass is 562 g/mol. The summed E-state index contributed by atoms with van der Waals surface area (Å²) in [7, 11) is 0. The van der Waals surface area contributed by atoms with Crippen LogP contribution in [0, 0.1) is 0 Å². The van der Waals surface area contributed by atoms with Crippen molar-refractivity contribution in [1.29, 1.82) is 0 Å². The highest BCUT2D eigenvalue weighted by Gasteiger charge is 2.30. The van der Waals surface area contributed by atoms with Gasteiger partial charge in [0.15, 0.2) is 0 Å². The standard InChI is InChI=1S/C28H29Cl3N2O2S/c1-19(2)32-28(35)26(15-20-7-4-3-5-8-20)33(16-21-9-6-10-23(29)13-21)27(34)18-36-17-22-11-12-24(30)25(31)14-22/h3-14,19,26H,15-18H2,1-2H3,(H,32,35)/t26-/m0/s1. The molecule has 0 unspecified atom stereocenters. The summed E-state index contributed by atoms with van der Waals surface area (Å²) in [4.78, 5) is 28.6. The zero-order valence-corrected chi connectivity index (χ0v) is 23.3. The van der Waals surface area contributed by atoms with E-state index in [9.17, 15) is 9.59 Å². The first kappa shape index (κ1) is 28.4. The second-order valence-electron chi connectivity index (χ2n) is 8.76. The quantitative estimate of drug-likeness (QED) is 0.272. The van der Waals surface area contributed by atoms with Gasteiger partial charge in [0.2, 0.25) is 11.8 Å². The van der Waals surface area contributed by atoms with Gasteiger partial charge in [-0.3, -0.25) is 9.59 Å². The minimum Gasteiger partial charge on any atom is -0.352 e. The Balaban J connectivity index is 1.84. The number of nitrogens with one attached hydrogen (secondary N) is 1. The third kappa shape index (κ3) is 8.74. The third-order valence-corrected chi connectivity index (χ3v) is 7.38. The second-order valence-corrected chi connectivity index (χ2v) is 11.0. The molecule has 4 nitrogen and oxygen atoms in total. The van der Waals surface area contributed by atoms with E-state index in [-0.39, 0.29) is 30.2 Å². The molecular weight excluding hydrogens is 535 g/mol. The smallest absolute Gasteiger partial charge is 0.243 e. The molecule has 0 aromatic heterocycles. The highest BCUT2D eigenvalue weighted by Crippen LogP contribution is 2.25. The van der Waals surface area contributed by atoms with Gasteiger partial charge in [0.25, 0.3) is 0 Å². The third-order valence-electron chi connectivity index (χ3n) is 5.42. The maximum absolute atomic E-state index is 13.6. The average Bonchev–Trinajstić information content (AvgIpc) is 2.83. The van der Waals surface area contributed by atoms with Gasteiger partial charge >= 0.3 is 0 Å². The molecule has 0 aliphatic rings. The van der Waals surface area contributed by atoms with Gasteiger partial charge in [-0.1, -0.05) is 83.3 Å². The molecule has 190 valence electrons. The molecule has 0 bridgehead atoms. The van der Waals surface area contributed by atoms with E-state index in [2.05, 4.69) is 5.32 Å². The topological polar surface area (TPSA) is 49.4 Å². The Morgan fingerprint density at radius 2 is 1.58 bits per heavy atom. The van der Waals surface area contributed by atoms with Crippen molar-refractivity contribution in [3.8, 4) is 0 Å². The summed E-state index contributed by atoms with van der Waals surface area (Å²) >= 11 is 19.8. The summed E-state index contributed by atoms with van der Waals surface area (Å²) in [5.41, 5.74) is 2.82. The Hall–Kier alpha value is -2.18. The van der Waals surface area contributed by atoms with Crippen LogP contribution < -0.4 is 5.32 Å².